The van der Waals surface area contributed by atoms with Crippen LogP contribution in [0.3, 0.4) is 0 Å². The smallest absolute Gasteiger partial charge is 0.155 e. The maximum absolute atomic E-state index is 6.02. The predicted octanol–water partition coefficient (Wildman–Crippen LogP) is 4.93. The van der Waals surface area contributed by atoms with Crippen molar-refractivity contribution in [2.75, 3.05) is 0 Å². The van der Waals surface area contributed by atoms with E-state index in [9.17, 15) is 0 Å². The lowest BCUT2D eigenvalue weighted by molar-refractivity contribution is 1.03. The number of pyridine rings is 1. The molecule has 0 radical (unpaired) electrons. The Morgan fingerprint density at radius 3 is 2.56 bits per heavy atom. The molecular formula is C19H12BrClN4. The number of hydrogen-bond acceptors (Lipinski definition) is 4. The van der Waals surface area contributed by atoms with Crippen molar-refractivity contribution in [1.82, 2.24) is 10.4 Å². The number of nitrogens with zero attached hydrogens (tertiary/aromatic N) is 3. The van der Waals surface area contributed by atoms with Gasteiger partial charge in [-0.1, -0.05) is 39.7 Å². The molecule has 0 spiro atoms. The van der Waals surface area contributed by atoms with Crippen molar-refractivity contribution in [3.63, 3.8) is 0 Å². The fourth-order valence-corrected chi connectivity index (χ4v) is 3.06. The van der Waals surface area contributed by atoms with E-state index in [2.05, 4.69) is 31.4 Å². The summed E-state index contributed by atoms with van der Waals surface area (Å²) < 4.78 is 0.966. The van der Waals surface area contributed by atoms with Gasteiger partial charge in [-0.3, -0.25) is 10.4 Å². The summed E-state index contributed by atoms with van der Waals surface area (Å²) in [4.78, 5) is 8.90. The maximum atomic E-state index is 6.02. The van der Waals surface area contributed by atoms with E-state index >= 15 is 0 Å². The van der Waals surface area contributed by atoms with E-state index in [1.807, 2.05) is 54.6 Å². The van der Waals surface area contributed by atoms with Gasteiger partial charge in [-0.15, -0.1) is 0 Å². The van der Waals surface area contributed by atoms with Crippen LogP contribution in [0.5, 0.6) is 0 Å². The first-order valence-electron chi connectivity index (χ1n) is 7.59. The molecule has 0 saturated heterocycles. The molecule has 0 amide bonds. The highest BCUT2D eigenvalue weighted by Crippen LogP contribution is 2.29. The van der Waals surface area contributed by atoms with Crippen molar-refractivity contribution >= 4 is 44.8 Å². The zero-order valence-corrected chi connectivity index (χ0v) is 15.3. The largest absolute Gasteiger partial charge is 0.264 e. The number of aromatic nitrogens is 1. The first-order valence-corrected chi connectivity index (χ1v) is 8.76. The summed E-state index contributed by atoms with van der Waals surface area (Å²) in [6.45, 7) is 0. The summed E-state index contributed by atoms with van der Waals surface area (Å²) in [5, 5.41) is 5.30. The third-order valence-electron chi connectivity index (χ3n) is 3.77. The van der Waals surface area contributed by atoms with Crippen molar-refractivity contribution in [3.8, 4) is 0 Å². The zero-order chi connectivity index (χ0) is 17.2. The molecule has 0 aliphatic carbocycles. The highest BCUT2D eigenvalue weighted by atomic mass is 79.9. The molecule has 122 valence electrons. The van der Waals surface area contributed by atoms with Crippen LogP contribution in [0.15, 0.2) is 81.6 Å². The van der Waals surface area contributed by atoms with Gasteiger partial charge in [0.05, 0.1) is 5.69 Å². The Morgan fingerprint density at radius 1 is 0.960 bits per heavy atom. The van der Waals surface area contributed by atoms with Gasteiger partial charge in [0, 0.05) is 38.6 Å². The SMILES string of the molecule is Clc1ccc(C2=NNC(c3cccnc3)=Nc3ccc(Br)cc32)cc1. The predicted molar refractivity (Wildman–Crippen MR) is 105 cm³/mol. The number of fused-ring (bicyclic) bond motifs is 1. The standard InChI is InChI=1S/C19H12BrClN4/c20-14-5-8-17-16(10-14)18(12-3-6-15(21)7-4-12)24-25-19(23-17)13-2-1-9-22-11-13/h1-11H,(H,23,25). The first-order chi connectivity index (χ1) is 12.2. The first kappa shape index (κ1) is 16.0. The number of amidine groups is 1. The van der Waals surface area contributed by atoms with Crippen molar-refractivity contribution in [2.24, 2.45) is 10.1 Å². The normalized spacial score (nSPS) is 13.2. The minimum absolute atomic E-state index is 0.653. The van der Waals surface area contributed by atoms with Gasteiger partial charge in [-0.2, -0.15) is 5.10 Å². The van der Waals surface area contributed by atoms with Crippen LogP contribution < -0.4 is 5.43 Å². The van der Waals surface area contributed by atoms with Gasteiger partial charge in [-0.05, 0) is 42.5 Å². The van der Waals surface area contributed by atoms with Crippen LogP contribution in [-0.2, 0) is 0 Å². The van der Waals surface area contributed by atoms with Gasteiger partial charge in [-0.25, -0.2) is 4.99 Å². The van der Waals surface area contributed by atoms with Crippen LogP contribution in [0.2, 0.25) is 5.02 Å². The number of hydrogen-bond donors (Lipinski definition) is 1. The quantitative estimate of drug-likeness (QED) is 0.650. The molecule has 3 aromatic rings. The van der Waals surface area contributed by atoms with Gasteiger partial charge in [0.2, 0.25) is 0 Å². The van der Waals surface area contributed by atoms with Crippen LogP contribution in [0, 0.1) is 0 Å². The molecule has 0 fully saturated rings. The number of nitrogens with one attached hydrogen (secondary N) is 1. The Bertz CT molecular complexity index is 982. The molecule has 1 aromatic heterocycles. The Balaban J connectivity index is 1.87. The molecule has 25 heavy (non-hydrogen) atoms. The van der Waals surface area contributed by atoms with Gasteiger partial charge < -0.3 is 0 Å². The van der Waals surface area contributed by atoms with E-state index < -0.39 is 0 Å². The molecule has 1 aliphatic rings. The van der Waals surface area contributed by atoms with Crippen LogP contribution >= 0.6 is 27.5 Å². The van der Waals surface area contributed by atoms with Crippen LogP contribution in [-0.4, -0.2) is 16.5 Å². The minimum atomic E-state index is 0.653. The van der Waals surface area contributed by atoms with Gasteiger partial charge in [0.25, 0.3) is 0 Å². The molecule has 4 nitrogen and oxygen atoms in total. The van der Waals surface area contributed by atoms with Crippen molar-refractivity contribution < 1.29 is 0 Å². The highest BCUT2D eigenvalue weighted by molar-refractivity contribution is 9.10. The molecule has 0 bridgehead atoms. The molecule has 2 aromatic carbocycles. The summed E-state index contributed by atoms with van der Waals surface area (Å²) in [5.74, 6) is 0.653. The molecule has 2 heterocycles. The van der Waals surface area contributed by atoms with E-state index in [0.717, 1.165) is 32.6 Å². The maximum Gasteiger partial charge on any atom is 0.155 e. The third-order valence-corrected chi connectivity index (χ3v) is 4.52. The second-order valence-electron chi connectivity index (χ2n) is 5.44. The fourth-order valence-electron chi connectivity index (χ4n) is 2.57. The van der Waals surface area contributed by atoms with Crippen molar-refractivity contribution in [1.29, 1.82) is 0 Å². The third kappa shape index (κ3) is 3.34. The Hall–Kier alpha value is -2.50. The van der Waals surface area contributed by atoms with Crippen LogP contribution in [0.1, 0.15) is 16.7 Å². The fraction of sp³-hybridized carbons (Fsp3) is 0. The average Bonchev–Trinajstić information content (AvgIpc) is 2.83. The van der Waals surface area contributed by atoms with Gasteiger partial charge in [0.15, 0.2) is 5.84 Å². The molecule has 6 heteroatoms. The monoisotopic (exact) mass is 410 g/mol. The van der Waals surface area contributed by atoms with E-state index in [1.165, 1.54) is 0 Å². The molecule has 0 atom stereocenters. The second-order valence-corrected chi connectivity index (χ2v) is 6.79. The summed E-state index contributed by atoms with van der Waals surface area (Å²) in [7, 11) is 0. The minimum Gasteiger partial charge on any atom is -0.264 e. The Labute approximate surface area is 158 Å². The molecule has 0 unspecified atom stereocenters. The summed E-state index contributed by atoms with van der Waals surface area (Å²) in [5.41, 5.74) is 7.48. The second kappa shape index (κ2) is 6.78. The summed E-state index contributed by atoms with van der Waals surface area (Å²) >= 11 is 9.55. The number of halogens is 2. The van der Waals surface area contributed by atoms with Crippen LogP contribution in [0.4, 0.5) is 5.69 Å². The molecule has 1 aliphatic heterocycles. The van der Waals surface area contributed by atoms with E-state index in [1.54, 1.807) is 12.4 Å². The van der Waals surface area contributed by atoms with Gasteiger partial charge in [0.1, 0.15) is 5.71 Å². The lowest BCUT2D eigenvalue weighted by Crippen LogP contribution is -2.19. The summed E-state index contributed by atoms with van der Waals surface area (Å²) in [6, 6.07) is 17.4. The Kier molecular flexibility index (Phi) is 4.34. The molecule has 1 N–H and O–H groups in total. The molecular weight excluding hydrogens is 400 g/mol. The van der Waals surface area contributed by atoms with Gasteiger partial charge >= 0.3 is 0 Å². The van der Waals surface area contributed by atoms with E-state index in [0.29, 0.717) is 10.9 Å². The number of hydrazone groups is 1. The average molecular weight is 412 g/mol. The number of benzene rings is 2. The van der Waals surface area contributed by atoms with Crippen molar-refractivity contribution in [2.45, 2.75) is 0 Å². The van der Waals surface area contributed by atoms with E-state index in [-0.39, 0.29) is 0 Å². The lowest BCUT2D eigenvalue weighted by Gasteiger charge is -2.08. The Morgan fingerprint density at radius 2 is 1.80 bits per heavy atom. The molecule has 4 rings (SSSR count). The summed E-state index contributed by atoms with van der Waals surface area (Å²) in [6.07, 6.45) is 3.49. The highest BCUT2D eigenvalue weighted by Gasteiger charge is 2.17. The van der Waals surface area contributed by atoms with E-state index in [4.69, 9.17) is 16.6 Å². The number of aliphatic imine (C=N–C) groups is 1. The number of rotatable bonds is 2. The molecule has 0 saturated carbocycles. The topological polar surface area (TPSA) is 49.6 Å². The zero-order valence-electron chi connectivity index (χ0n) is 12.9. The van der Waals surface area contributed by atoms with Crippen LogP contribution in [0.25, 0.3) is 0 Å². The van der Waals surface area contributed by atoms with Crippen molar-refractivity contribution in [3.05, 3.63) is 93.2 Å². The lowest BCUT2D eigenvalue weighted by atomic mass is 10.0.